The van der Waals surface area contributed by atoms with Crippen LogP contribution in [0.2, 0.25) is 5.02 Å². The van der Waals surface area contributed by atoms with Gasteiger partial charge in [-0.05, 0) is 22.0 Å². The van der Waals surface area contributed by atoms with Crippen LogP contribution in [0.3, 0.4) is 0 Å². The number of hydrogen-bond donors (Lipinski definition) is 0. The SMILES string of the molecule is O=[N+]([O-])c1ccc2scc(Br)c2c1Cl. The normalized spacial score (nSPS) is 10.7. The first-order valence-electron chi connectivity index (χ1n) is 3.61. The summed E-state index contributed by atoms with van der Waals surface area (Å²) in [6.45, 7) is 0. The van der Waals surface area contributed by atoms with Crippen molar-refractivity contribution in [2.45, 2.75) is 0 Å². The fourth-order valence-corrected chi connectivity index (χ4v) is 3.34. The van der Waals surface area contributed by atoms with Crippen LogP contribution in [0.15, 0.2) is 22.0 Å². The van der Waals surface area contributed by atoms with E-state index in [9.17, 15) is 10.1 Å². The lowest BCUT2D eigenvalue weighted by atomic mass is 10.2. The molecule has 0 aliphatic rings. The summed E-state index contributed by atoms with van der Waals surface area (Å²) in [5.41, 5.74) is -0.0572. The Kier molecular flexibility index (Phi) is 2.47. The zero-order valence-corrected chi connectivity index (χ0v) is 9.82. The van der Waals surface area contributed by atoms with E-state index in [2.05, 4.69) is 15.9 Å². The molecule has 2 aromatic rings. The van der Waals surface area contributed by atoms with Gasteiger partial charge in [-0.15, -0.1) is 11.3 Å². The minimum Gasteiger partial charge on any atom is -0.258 e. The molecule has 0 N–H and O–H groups in total. The lowest BCUT2D eigenvalue weighted by Gasteiger charge is -1.96. The first kappa shape index (κ1) is 9.89. The van der Waals surface area contributed by atoms with Gasteiger partial charge in [-0.3, -0.25) is 10.1 Å². The van der Waals surface area contributed by atoms with Gasteiger partial charge in [-0.1, -0.05) is 11.6 Å². The molecule has 72 valence electrons. The zero-order valence-electron chi connectivity index (χ0n) is 6.66. The fraction of sp³-hybridized carbons (Fsp3) is 0. The Labute approximate surface area is 96.6 Å². The predicted octanol–water partition coefficient (Wildman–Crippen LogP) is 4.23. The van der Waals surface area contributed by atoms with Gasteiger partial charge in [0.2, 0.25) is 0 Å². The highest BCUT2D eigenvalue weighted by Crippen LogP contribution is 2.40. The molecule has 1 aromatic carbocycles. The molecule has 0 saturated carbocycles. The van der Waals surface area contributed by atoms with Crippen LogP contribution in [-0.2, 0) is 0 Å². The van der Waals surface area contributed by atoms with Crippen LogP contribution in [0.5, 0.6) is 0 Å². The van der Waals surface area contributed by atoms with E-state index in [0.717, 1.165) is 9.17 Å². The molecule has 0 spiro atoms. The number of nitrogens with zero attached hydrogens (tertiary/aromatic N) is 1. The maximum atomic E-state index is 10.6. The van der Waals surface area contributed by atoms with Crippen LogP contribution in [0.1, 0.15) is 0 Å². The highest BCUT2D eigenvalue weighted by molar-refractivity contribution is 9.10. The maximum Gasteiger partial charge on any atom is 0.288 e. The Hall–Kier alpha value is -0.650. The van der Waals surface area contributed by atoms with Crippen molar-refractivity contribution in [1.82, 2.24) is 0 Å². The van der Waals surface area contributed by atoms with Crippen molar-refractivity contribution >= 4 is 54.6 Å². The van der Waals surface area contributed by atoms with E-state index in [1.165, 1.54) is 17.4 Å². The van der Waals surface area contributed by atoms with E-state index < -0.39 is 4.92 Å². The lowest BCUT2D eigenvalue weighted by molar-refractivity contribution is -0.384. The summed E-state index contributed by atoms with van der Waals surface area (Å²) in [6, 6.07) is 3.13. The van der Waals surface area contributed by atoms with Crippen LogP contribution in [0.4, 0.5) is 5.69 Å². The van der Waals surface area contributed by atoms with Gasteiger partial charge in [-0.25, -0.2) is 0 Å². The first-order valence-corrected chi connectivity index (χ1v) is 5.66. The number of hydrogen-bond acceptors (Lipinski definition) is 3. The molecule has 14 heavy (non-hydrogen) atoms. The first-order chi connectivity index (χ1) is 6.61. The predicted molar refractivity (Wildman–Crippen MR) is 61.2 cm³/mol. The zero-order chi connectivity index (χ0) is 10.3. The molecule has 3 nitrogen and oxygen atoms in total. The van der Waals surface area contributed by atoms with E-state index in [0.29, 0.717) is 5.39 Å². The van der Waals surface area contributed by atoms with E-state index in [1.807, 2.05) is 5.38 Å². The summed E-state index contributed by atoms with van der Waals surface area (Å²) in [4.78, 5) is 10.1. The van der Waals surface area contributed by atoms with Crippen molar-refractivity contribution in [1.29, 1.82) is 0 Å². The molecule has 0 atom stereocenters. The Morgan fingerprint density at radius 3 is 2.86 bits per heavy atom. The Morgan fingerprint density at radius 2 is 2.21 bits per heavy atom. The molecule has 6 heteroatoms. The van der Waals surface area contributed by atoms with Crippen LogP contribution in [0.25, 0.3) is 10.1 Å². The number of halogens is 2. The van der Waals surface area contributed by atoms with E-state index >= 15 is 0 Å². The summed E-state index contributed by atoms with van der Waals surface area (Å²) >= 11 is 10.7. The summed E-state index contributed by atoms with van der Waals surface area (Å²) in [6.07, 6.45) is 0. The Morgan fingerprint density at radius 1 is 1.50 bits per heavy atom. The second-order valence-corrected chi connectivity index (χ2v) is 4.76. The van der Waals surface area contributed by atoms with Gasteiger partial charge in [-0.2, -0.15) is 0 Å². The smallest absolute Gasteiger partial charge is 0.258 e. The van der Waals surface area contributed by atoms with Gasteiger partial charge in [0, 0.05) is 26.0 Å². The molecule has 0 radical (unpaired) electrons. The molecule has 1 aromatic heterocycles. The maximum absolute atomic E-state index is 10.6. The van der Waals surface area contributed by atoms with Crippen LogP contribution >= 0.6 is 38.9 Å². The van der Waals surface area contributed by atoms with E-state index in [-0.39, 0.29) is 10.7 Å². The molecule has 0 amide bonds. The minimum absolute atomic E-state index is 0.0572. The van der Waals surface area contributed by atoms with Crippen molar-refractivity contribution in [3.05, 3.63) is 37.1 Å². The van der Waals surface area contributed by atoms with Crippen molar-refractivity contribution in [2.75, 3.05) is 0 Å². The third-order valence-corrected chi connectivity index (χ3v) is 4.07. The number of thiophene rings is 1. The summed E-state index contributed by atoms with van der Waals surface area (Å²) in [5.74, 6) is 0. The molecular weight excluding hydrogens is 290 g/mol. The summed E-state index contributed by atoms with van der Waals surface area (Å²) in [7, 11) is 0. The highest BCUT2D eigenvalue weighted by atomic mass is 79.9. The number of rotatable bonds is 1. The molecule has 1 heterocycles. The molecule has 0 aliphatic heterocycles. The van der Waals surface area contributed by atoms with Crippen molar-refractivity contribution in [3.63, 3.8) is 0 Å². The summed E-state index contributed by atoms with van der Waals surface area (Å²) < 4.78 is 1.73. The second-order valence-electron chi connectivity index (χ2n) is 2.61. The van der Waals surface area contributed by atoms with E-state index in [4.69, 9.17) is 11.6 Å². The molecule has 0 aliphatic carbocycles. The molecule has 0 unspecified atom stereocenters. The lowest BCUT2D eigenvalue weighted by Crippen LogP contribution is -1.88. The van der Waals surface area contributed by atoms with Crippen molar-refractivity contribution < 1.29 is 4.92 Å². The van der Waals surface area contributed by atoms with Gasteiger partial charge in [0.15, 0.2) is 0 Å². The van der Waals surface area contributed by atoms with Crippen LogP contribution < -0.4 is 0 Å². The number of benzene rings is 1. The third-order valence-electron chi connectivity index (χ3n) is 1.81. The standard InChI is InChI=1S/C8H3BrClNO2S/c9-4-3-14-6-2-1-5(11(12)13)8(10)7(4)6/h1-3H. The van der Waals surface area contributed by atoms with Crippen molar-refractivity contribution in [2.24, 2.45) is 0 Å². The van der Waals surface area contributed by atoms with Crippen molar-refractivity contribution in [3.8, 4) is 0 Å². The molecule has 2 rings (SSSR count). The minimum atomic E-state index is -0.480. The monoisotopic (exact) mass is 291 g/mol. The second kappa shape index (κ2) is 3.49. The van der Waals surface area contributed by atoms with Gasteiger partial charge in [0.05, 0.1) is 4.92 Å². The van der Waals surface area contributed by atoms with Crippen LogP contribution in [0, 0.1) is 10.1 Å². The number of nitro groups is 1. The topological polar surface area (TPSA) is 43.1 Å². The molecule has 0 saturated heterocycles. The number of nitro benzene ring substituents is 1. The van der Waals surface area contributed by atoms with Gasteiger partial charge >= 0.3 is 0 Å². The van der Waals surface area contributed by atoms with Gasteiger partial charge < -0.3 is 0 Å². The summed E-state index contributed by atoms with van der Waals surface area (Å²) in [5, 5.41) is 13.4. The molecule has 0 fully saturated rings. The molecule has 0 bridgehead atoms. The molecular formula is C8H3BrClNO2S. The number of fused-ring (bicyclic) bond motifs is 1. The van der Waals surface area contributed by atoms with Gasteiger partial charge in [0.1, 0.15) is 5.02 Å². The average Bonchev–Trinajstić information content (AvgIpc) is 2.48. The van der Waals surface area contributed by atoms with Gasteiger partial charge in [0.25, 0.3) is 5.69 Å². The third kappa shape index (κ3) is 1.41. The Bertz CT molecular complexity index is 525. The highest BCUT2D eigenvalue weighted by Gasteiger charge is 2.17. The Balaban J connectivity index is 2.86. The quantitative estimate of drug-likeness (QED) is 0.583. The van der Waals surface area contributed by atoms with E-state index in [1.54, 1.807) is 6.07 Å². The average molecular weight is 293 g/mol. The van der Waals surface area contributed by atoms with Crippen LogP contribution in [-0.4, -0.2) is 4.92 Å². The largest absolute Gasteiger partial charge is 0.288 e. The fourth-order valence-electron chi connectivity index (χ4n) is 1.18.